The van der Waals surface area contributed by atoms with Crippen LogP contribution in [0.15, 0.2) is 30.3 Å². The molecule has 0 spiro atoms. The zero-order valence-corrected chi connectivity index (χ0v) is 7.12. The van der Waals surface area contributed by atoms with Crippen LogP contribution in [0.4, 0.5) is 0 Å². The molecule has 0 bridgehead atoms. The Kier molecular flexibility index (Phi) is 2.32. The molecule has 0 saturated heterocycles. The lowest BCUT2D eigenvalue weighted by molar-refractivity contribution is 0.489. The molecule has 0 radical (unpaired) electrons. The summed E-state index contributed by atoms with van der Waals surface area (Å²) >= 11 is 0. The van der Waals surface area contributed by atoms with Crippen LogP contribution in [0.25, 0.3) is 0 Å². The first kappa shape index (κ1) is 8.31. The van der Waals surface area contributed by atoms with Crippen LogP contribution in [-0.4, -0.2) is 6.66 Å². The zero-order valence-electron chi connectivity index (χ0n) is 6.23. The van der Waals surface area contributed by atoms with E-state index in [2.05, 4.69) is 0 Å². The van der Waals surface area contributed by atoms with Gasteiger partial charge in [0, 0.05) is 6.66 Å². The second-order valence-corrected chi connectivity index (χ2v) is 4.31. The van der Waals surface area contributed by atoms with Crippen LogP contribution in [0.3, 0.4) is 0 Å². The molecule has 0 aliphatic carbocycles. The van der Waals surface area contributed by atoms with Gasteiger partial charge in [0.2, 0.25) is 0 Å². The molecule has 0 aliphatic rings. The third kappa shape index (κ3) is 3.21. The average molecular weight is 171 g/mol. The average Bonchev–Trinajstić information content (AvgIpc) is 1.85. The molecule has 1 rings (SSSR count). The normalized spacial score (nSPS) is 15.5. The summed E-state index contributed by atoms with van der Waals surface area (Å²) in [4.78, 5) is 0. The van der Waals surface area contributed by atoms with Crippen molar-refractivity contribution < 1.29 is 9.09 Å². The molecule has 11 heavy (non-hydrogen) atoms. The van der Waals surface area contributed by atoms with Crippen molar-refractivity contribution in [1.29, 1.82) is 0 Å². The number of nitrogens with two attached hydrogens (primary N) is 1. The summed E-state index contributed by atoms with van der Waals surface area (Å²) in [6, 6.07) is 8.87. The summed E-state index contributed by atoms with van der Waals surface area (Å²) in [6.45, 7) is 1.38. The first-order valence-corrected chi connectivity index (χ1v) is 5.33. The molecule has 1 unspecified atom stereocenters. The summed E-state index contributed by atoms with van der Waals surface area (Å²) in [7, 11) is -2.89. The Morgan fingerprint density at radius 1 is 1.36 bits per heavy atom. The molecule has 0 aromatic heterocycles. The molecule has 0 fully saturated rings. The second kappa shape index (κ2) is 3.07. The van der Waals surface area contributed by atoms with Crippen LogP contribution in [-0.2, 0) is 4.57 Å². The molecule has 60 valence electrons. The van der Waals surface area contributed by atoms with Gasteiger partial charge in [0.25, 0.3) is 0 Å². The number of hydrogen-bond acceptors (Lipinski definition) is 2. The van der Waals surface area contributed by atoms with Crippen molar-refractivity contribution in [2.45, 2.75) is 0 Å². The summed E-state index contributed by atoms with van der Waals surface area (Å²) in [6.07, 6.45) is 0. The van der Waals surface area contributed by atoms with Gasteiger partial charge in [-0.15, -0.1) is 0 Å². The topological polar surface area (TPSA) is 52.3 Å². The number of para-hydroxylation sites is 1. The van der Waals surface area contributed by atoms with Crippen molar-refractivity contribution in [1.82, 2.24) is 0 Å². The molecule has 0 heterocycles. The van der Waals surface area contributed by atoms with Gasteiger partial charge in [-0.1, -0.05) is 18.2 Å². The molecular formula is C7H10NO2P. The summed E-state index contributed by atoms with van der Waals surface area (Å²) in [5.41, 5.74) is 5.20. The number of hydrogen-bond donors (Lipinski definition) is 1. The Balaban J connectivity index is 2.74. The fraction of sp³-hybridized carbons (Fsp3) is 0.143. The Bertz CT molecular complexity index is 267. The van der Waals surface area contributed by atoms with E-state index in [0.717, 1.165) is 0 Å². The van der Waals surface area contributed by atoms with E-state index in [1.807, 2.05) is 6.07 Å². The zero-order chi connectivity index (χ0) is 8.32. The summed E-state index contributed by atoms with van der Waals surface area (Å²) in [5.74, 6) is 0.542. The van der Waals surface area contributed by atoms with Crippen LogP contribution >= 0.6 is 7.52 Å². The Hall–Kier alpha value is -0.790. The molecule has 1 atom stereocenters. The van der Waals surface area contributed by atoms with E-state index in [0.29, 0.717) is 5.75 Å². The minimum atomic E-state index is -2.89. The first-order chi connectivity index (χ1) is 5.08. The standard InChI is InChI=1S/C7H10NO2P/c1-11(8,9)10-7-5-3-2-4-6-7/h2-6H,1H3,(H2,8,9). The van der Waals surface area contributed by atoms with E-state index in [1.165, 1.54) is 6.66 Å². The van der Waals surface area contributed by atoms with E-state index in [1.54, 1.807) is 24.3 Å². The quantitative estimate of drug-likeness (QED) is 0.691. The van der Waals surface area contributed by atoms with Crippen molar-refractivity contribution in [3.8, 4) is 5.75 Å². The van der Waals surface area contributed by atoms with Gasteiger partial charge >= 0.3 is 7.52 Å². The molecule has 0 saturated carbocycles. The van der Waals surface area contributed by atoms with Crippen LogP contribution in [0, 0.1) is 0 Å². The SMILES string of the molecule is CP(N)(=O)Oc1ccccc1. The minimum Gasteiger partial charge on any atom is -0.433 e. The van der Waals surface area contributed by atoms with Gasteiger partial charge in [-0.2, -0.15) is 0 Å². The van der Waals surface area contributed by atoms with Crippen LogP contribution < -0.4 is 10.0 Å². The maximum atomic E-state index is 10.9. The molecule has 2 N–H and O–H groups in total. The smallest absolute Gasteiger partial charge is 0.310 e. The Morgan fingerprint density at radius 2 is 1.91 bits per heavy atom. The summed E-state index contributed by atoms with van der Waals surface area (Å²) in [5, 5.41) is 0. The van der Waals surface area contributed by atoms with Crippen molar-refractivity contribution in [2.75, 3.05) is 6.66 Å². The van der Waals surface area contributed by atoms with Gasteiger partial charge < -0.3 is 4.52 Å². The van der Waals surface area contributed by atoms with Gasteiger partial charge in [-0.3, -0.25) is 4.57 Å². The third-order valence-corrected chi connectivity index (χ3v) is 1.60. The highest BCUT2D eigenvalue weighted by Gasteiger charge is 2.07. The second-order valence-electron chi connectivity index (χ2n) is 2.31. The van der Waals surface area contributed by atoms with Gasteiger partial charge in [0.1, 0.15) is 5.75 Å². The van der Waals surface area contributed by atoms with Crippen molar-refractivity contribution in [3.05, 3.63) is 30.3 Å². The fourth-order valence-electron chi connectivity index (χ4n) is 0.691. The highest BCUT2D eigenvalue weighted by atomic mass is 31.2. The first-order valence-electron chi connectivity index (χ1n) is 3.19. The highest BCUT2D eigenvalue weighted by molar-refractivity contribution is 7.56. The van der Waals surface area contributed by atoms with Gasteiger partial charge in [0.05, 0.1) is 0 Å². The van der Waals surface area contributed by atoms with Crippen molar-refractivity contribution in [2.24, 2.45) is 5.50 Å². The van der Waals surface area contributed by atoms with Crippen LogP contribution in [0.2, 0.25) is 0 Å². The maximum absolute atomic E-state index is 10.9. The number of benzene rings is 1. The lowest BCUT2D eigenvalue weighted by atomic mass is 10.3. The van der Waals surface area contributed by atoms with E-state index in [-0.39, 0.29) is 0 Å². The lowest BCUT2D eigenvalue weighted by Gasteiger charge is -2.08. The molecule has 1 aromatic rings. The van der Waals surface area contributed by atoms with E-state index < -0.39 is 7.52 Å². The Labute approximate surface area is 65.7 Å². The van der Waals surface area contributed by atoms with E-state index in [4.69, 9.17) is 10.0 Å². The van der Waals surface area contributed by atoms with Gasteiger partial charge in [-0.25, -0.2) is 5.50 Å². The van der Waals surface area contributed by atoms with E-state index >= 15 is 0 Å². The lowest BCUT2D eigenvalue weighted by Crippen LogP contribution is -1.99. The predicted octanol–water partition coefficient (Wildman–Crippen LogP) is 1.85. The largest absolute Gasteiger partial charge is 0.433 e. The molecule has 0 aliphatic heterocycles. The van der Waals surface area contributed by atoms with Gasteiger partial charge in [0.15, 0.2) is 0 Å². The molecule has 0 amide bonds. The molecule has 1 aromatic carbocycles. The number of rotatable bonds is 2. The van der Waals surface area contributed by atoms with Crippen molar-refractivity contribution >= 4 is 7.52 Å². The highest BCUT2D eigenvalue weighted by Crippen LogP contribution is 2.33. The molecular weight excluding hydrogens is 161 g/mol. The third-order valence-electron chi connectivity index (χ3n) is 1.03. The molecule has 4 heteroatoms. The monoisotopic (exact) mass is 171 g/mol. The fourth-order valence-corrected chi connectivity index (χ4v) is 1.23. The minimum absolute atomic E-state index is 0.542. The Morgan fingerprint density at radius 3 is 2.36 bits per heavy atom. The van der Waals surface area contributed by atoms with Crippen molar-refractivity contribution in [3.63, 3.8) is 0 Å². The van der Waals surface area contributed by atoms with E-state index in [9.17, 15) is 4.57 Å². The van der Waals surface area contributed by atoms with Gasteiger partial charge in [-0.05, 0) is 12.1 Å². The predicted molar refractivity (Wildman–Crippen MR) is 44.8 cm³/mol. The summed E-state index contributed by atoms with van der Waals surface area (Å²) < 4.78 is 15.9. The van der Waals surface area contributed by atoms with Crippen LogP contribution in [0.1, 0.15) is 0 Å². The maximum Gasteiger partial charge on any atom is 0.310 e. The molecule has 3 nitrogen and oxygen atoms in total. The van der Waals surface area contributed by atoms with Crippen LogP contribution in [0.5, 0.6) is 5.75 Å².